The molecule has 3 nitrogen and oxygen atoms in total. The molecule has 1 saturated carbocycles. The first-order chi connectivity index (χ1) is 8.65. The van der Waals surface area contributed by atoms with E-state index in [2.05, 4.69) is 16.9 Å². The van der Waals surface area contributed by atoms with Gasteiger partial charge in [-0.25, -0.2) is 4.98 Å². The van der Waals surface area contributed by atoms with E-state index in [1.54, 1.807) is 12.3 Å². The largest absolute Gasteiger partial charge is 0.490 e. The zero-order valence-electron chi connectivity index (χ0n) is 10.7. The number of likely N-dealkylation sites (tertiary alicyclic amines) is 1. The standard InChI is InChI=1S/C13H16Cl2N2O.ClH/c1-17-9-3-2-8(4-9)12(17)7-18-10-5-11(14)13(15)16-6-10;/h5-6,8-9,12H,2-4,7H2,1H3;1H/t8-,9+,12?;/m1./s1. The lowest BCUT2D eigenvalue weighted by Crippen LogP contribution is -2.41. The molecule has 19 heavy (non-hydrogen) atoms. The zero-order chi connectivity index (χ0) is 12.7. The number of halogens is 3. The topological polar surface area (TPSA) is 25.4 Å². The molecule has 1 unspecified atom stereocenters. The van der Waals surface area contributed by atoms with Gasteiger partial charge in [0.1, 0.15) is 17.5 Å². The maximum atomic E-state index is 5.92. The number of ether oxygens (including phenoxy) is 1. The van der Waals surface area contributed by atoms with Crippen LogP contribution in [0.5, 0.6) is 5.75 Å². The fraction of sp³-hybridized carbons (Fsp3) is 0.615. The summed E-state index contributed by atoms with van der Waals surface area (Å²) < 4.78 is 5.80. The molecule has 1 aliphatic heterocycles. The van der Waals surface area contributed by atoms with Crippen LogP contribution >= 0.6 is 35.6 Å². The Labute approximate surface area is 129 Å². The maximum Gasteiger partial charge on any atom is 0.147 e. The normalized spacial score (nSPS) is 29.3. The van der Waals surface area contributed by atoms with E-state index in [1.807, 2.05) is 0 Å². The number of nitrogens with zero attached hydrogens (tertiary/aromatic N) is 2. The smallest absolute Gasteiger partial charge is 0.147 e. The lowest BCUT2D eigenvalue weighted by molar-refractivity contribution is 0.118. The number of pyridine rings is 1. The molecule has 0 spiro atoms. The number of likely N-dealkylation sites (N-methyl/N-ethyl adjacent to an activating group) is 1. The van der Waals surface area contributed by atoms with Crippen LogP contribution in [0.25, 0.3) is 0 Å². The summed E-state index contributed by atoms with van der Waals surface area (Å²) in [5, 5.41) is 0.761. The number of piperidine rings is 1. The van der Waals surface area contributed by atoms with Gasteiger partial charge in [-0.2, -0.15) is 0 Å². The first kappa shape index (κ1) is 15.2. The Morgan fingerprint density at radius 2 is 2.21 bits per heavy atom. The predicted molar refractivity (Wildman–Crippen MR) is 79.7 cm³/mol. The van der Waals surface area contributed by atoms with E-state index in [1.165, 1.54) is 19.3 Å². The van der Waals surface area contributed by atoms with Gasteiger partial charge in [-0.05, 0) is 32.2 Å². The van der Waals surface area contributed by atoms with E-state index < -0.39 is 0 Å². The van der Waals surface area contributed by atoms with Crippen molar-refractivity contribution in [1.29, 1.82) is 0 Å². The number of hydrogen-bond donors (Lipinski definition) is 0. The monoisotopic (exact) mass is 322 g/mol. The molecule has 0 amide bonds. The zero-order valence-corrected chi connectivity index (χ0v) is 13.0. The van der Waals surface area contributed by atoms with Crippen molar-refractivity contribution in [3.8, 4) is 5.75 Å². The molecule has 0 radical (unpaired) electrons. The van der Waals surface area contributed by atoms with Crippen LogP contribution in [0.1, 0.15) is 19.3 Å². The Hall–Kier alpha value is -0.220. The summed E-state index contributed by atoms with van der Waals surface area (Å²) in [6, 6.07) is 3.01. The molecule has 1 saturated heterocycles. The summed E-state index contributed by atoms with van der Waals surface area (Å²) in [6.45, 7) is 0.706. The Morgan fingerprint density at radius 3 is 2.84 bits per heavy atom. The Balaban J connectivity index is 0.00000133. The summed E-state index contributed by atoms with van der Waals surface area (Å²) in [7, 11) is 2.20. The predicted octanol–water partition coefficient (Wildman–Crippen LogP) is 3.67. The summed E-state index contributed by atoms with van der Waals surface area (Å²) >= 11 is 11.7. The molecular formula is C13H17Cl3N2O. The van der Waals surface area contributed by atoms with E-state index in [9.17, 15) is 0 Å². The third kappa shape index (κ3) is 2.94. The first-order valence-electron chi connectivity index (χ1n) is 6.31. The van der Waals surface area contributed by atoms with Gasteiger partial charge in [-0.15, -0.1) is 12.4 Å². The second-order valence-electron chi connectivity index (χ2n) is 5.21. The molecule has 106 valence electrons. The summed E-state index contributed by atoms with van der Waals surface area (Å²) in [6.07, 6.45) is 5.63. The second-order valence-corrected chi connectivity index (χ2v) is 5.98. The highest BCUT2D eigenvalue weighted by atomic mass is 35.5. The average Bonchev–Trinajstić information content (AvgIpc) is 2.92. The minimum absolute atomic E-state index is 0. The van der Waals surface area contributed by atoms with Crippen molar-refractivity contribution in [3.63, 3.8) is 0 Å². The molecule has 2 bridgehead atoms. The minimum Gasteiger partial charge on any atom is -0.490 e. The summed E-state index contributed by atoms with van der Waals surface area (Å²) in [5.41, 5.74) is 0. The van der Waals surface area contributed by atoms with Gasteiger partial charge in [-0.1, -0.05) is 23.2 Å². The molecule has 1 aromatic rings. The average molecular weight is 324 g/mol. The fourth-order valence-electron chi connectivity index (χ4n) is 3.23. The van der Waals surface area contributed by atoms with Gasteiger partial charge in [-0.3, -0.25) is 4.90 Å². The SMILES string of the molecule is CN1C(COc2cnc(Cl)c(Cl)c2)[C@@H]2CC[C@H]1C2.Cl. The molecule has 3 atom stereocenters. The van der Waals surface area contributed by atoms with Gasteiger partial charge in [0.2, 0.25) is 0 Å². The summed E-state index contributed by atoms with van der Waals surface area (Å²) in [5.74, 6) is 1.48. The number of fused-ring (bicyclic) bond motifs is 2. The minimum atomic E-state index is 0. The van der Waals surface area contributed by atoms with Crippen molar-refractivity contribution in [2.45, 2.75) is 31.3 Å². The molecule has 0 N–H and O–H groups in total. The van der Waals surface area contributed by atoms with Gasteiger partial charge >= 0.3 is 0 Å². The third-order valence-corrected chi connectivity index (χ3v) is 4.97. The molecule has 2 fully saturated rings. The highest BCUT2D eigenvalue weighted by molar-refractivity contribution is 6.41. The molecule has 1 aliphatic carbocycles. The van der Waals surface area contributed by atoms with Crippen molar-refractivity contribution in [2.24, 2.45) is 5.92 Å². The lowest BCUT2D eigenvalue weighted by Gasteiger charge is -2.31. The lowest BCUT2D eigenvalue weighted by atomic mass is 10.00. The third-order valence-electron chi connectivity index (χ3n) is 4.28. The molecule has 3 rings (SSSR count). The number of rotatable bonds is 3. The van der Waals surface area contributed by atoms with E-state index in [0.717, 1.165) is 12.0 Å². The number of aromatic nitrogens is 1. The van der Waals surface area contributed by atoms with Gasteiger partial charge in [0.05, 0.1) is 11.2 Å². The van der Waals surface area contributed by atoms with E-state index in [4.69, 9.17) is 27.9 Å². The van der Waals surface area contributed by atoms with E-state index in [0.29, 0.717) is 28.6 Å². The van der Waals surface area contributed by atoms with Crippen molar-refractivity contribution < 1.29 is 4.74 Å². The van der Waals surface area contributed by atoms with Crippen LogP contribution in [0.15, 0.2) is 12.3 Å². The fourth-order valence-corrected chi connectivity index (χ4v) is 3.49. The molecular weight excluding hydrogens is 307 g/mol. The van der Waals surface area contributed by atoms with Crippen molar-refractivity contribution in [1.82, 2.24) is 9.88 Å². The van der Waals surface area contributed by atoms with Crippen LogP contribution in [0, 0.1) is 5.92 Å². The molecule has 6 heteroatoms. The van der Waals surface area contributed by atoms with Crippen LogP contribution in [0.3, 0.4) is 0 Å². The van der Waals surface area contributed by atoms with Crippen LogP contribution in [-0.4, -0.2) is 35.6 Å². The van der Waals surface area contributed by atoms with Gasteiger partial charge in [0.25, 0.3) is 0 Å². The quantitative estimate of drug-likeness (QED) is 0.794. The highest BCUT2D eigenvalue weighted by Crippen LogP contribution is 2.41. The Kier molecular flexibility index (Phi) is 4.83. The van der Waals surface area contributed by atoms with Gasteiger partial charge in [0.15, 0.2) is 0 Å². The van der Waals surface area contributed by atoms with Crippen LogP contribution in [0.4, 0.5) is 0 Å². The molecule has 1 aromatic heterocycles. The molecule has 2 heterocycles. The van der Waals surface area contributed by atoms with Crippen molar-refractivity contribution in [3.05, 3.63) is 22.4 Å². The molecule has 0 aromatic carbocycles. The van der Waals surface area contributed by atoms with Crippen LogP contribution in [-0.2, 0) is 0 Å². The van der Waals surface area contributed by atoms with Crippen LogP contribution in [0.2, 0.25) is 10.2 Å². The van der Waals surface area contributed by atoms with Crippen LogP contribution < -0.4 is 4.74 Å². The van der Waals surface area contributed by atoms with Gasteiger partial charge < -0.3 is 4.74 Å². The Bertz CT molecular complexity index is 456. The highest BCUT2D eigenvalue weighted by Gasteiger charge is 2.43. The van der Waals surface area contributed by atoms with E-state index in [-0.39, 0.29) is 12.4 Å². The summed E-state index contributed by atoms with van der Waals surface area (Å²) in [4.78, 5) is 6.44. The molecule has 2 aliphatic rings. The van der Waals surface area contributed by atoms with E-state index >= 15 is 0 Å². The van der Waals surface area contributed by atoms with Crippen molar-refractivity contribution in [2.75, 3.05) is 13.7 Å². The first-order valence-corrected chi connectivity index (χ1v) is 7.06. The Morgan fingerprint density at radius 1 is 1.42 bits per heavy atom. The number of hydrogen-bond acceptors (Lipinski definition) is 3. The second kappa shape index (κ2) is 6.04. The van der Waals surface area contributed by atoms with Crippen molar-refractivity contribution >= 4 is 35.6 Å². The van der Waals surface area contributed by atoms with Gasteiger partial charge in [0, 0.05) is 18.2 Å². The maximum absolute atomic E-state index is 5.92.